The molecule has 0 saturated carbocycles. The molecule has 124 valence electrons. The summed E-state index contributed by atoms with van der Waals surface area (Å²) in [4.78, 5) is 17.2. The normalized spacial score (nSPS) is 10.9. The Morgan fingerprint density at radius 1 is 1.16 bits per heavy atom. The van der Waals surface area contributed by atoms with Crippen LogP contribution in [0.25, 0.3) is 22.6 Å². The number of hydrogen-bond donors (Lipinski definition) is 1. The summed E-state index contributed by atoms with van der Waals surface area (Å²) in [7, 11) is 0. The zero-order valence-electron chi connectivity index (χ0n) is 13.7. The van der Waals surface area contributed by atoms with Crippen molar-refractivity contribution in [3.8, 4) is 11.5 Å². The van der Waals surface area contributed by atoms with Gasteiger partial charge < -0.3 is 9.73 Å². The minimum atomic E-state index is -0.0478. The third-order valence-corrected chi connectivity index (χ3v) is 4.81. The molecule has 2 heterocycles. The van der Waals surface area contributed by atoms with Crippen LogP contribution in [0.1, 0.15) is 20.8 Å². The van der Waals surface area contributed by atoms with E-state index in [1.54, 1.807) is 0 Å². The topological polar surface area (TPSA) is 55.1 Å². The maximum absolute atomic E-state index is 12.0. The van der Waals surface area contributed by atoms with E-state index in [-0.39, 0.29) is 5.91 Å². The number of fused-ring (bicyclic) bond motifs is 1. The number of nitrogens with zero attached hydrogens (tertiary/aromatic N) is 1. The number of hydrogen-bond acceptors (Lipinski definition) is 4. The van der Waals surface area contributed by atoms with Crippen LogP contribution >= 0.6 is 11.3 Å². The molecule has 2 aromatic carbocycles. The molecule has 25 heavy (non-hydrogen) atoms. The van der Waals surface area contributed by atoms with E-state index >= 15 is 0 Å². The zero-order chi connectivity index (χ0) is 17.2. The van der Waals surface area contributed by atoms with Gasteiger partial charge in [0.1, 0.15) is 5.52 Å². The second-order valence-corrected chi connectivity index (χ2v) is 6.79. The van der Waals surface area contributed by atoms with Crippen molar-refractivity contribution in [1.29, 1.82) is 0 Å². The van der Waals surface area contributed by atoms with Crippen molar-refractivity contribution in [2.45, 2.75) is 13.5 Å². The van der Waals surface area contributed by atoms with E-state index in [9.17, 15) is 4.79 Å². The molecule has 0 aliphatic rings. The third kappa shape index (κ3) is 3.32. The van der Waals surface area contributed by atoms with Gasteiger partial charge in [-0.15, -0.1) is 11.3 Å². The maximum atomic E-state index is 12.0. The predicted molar refractivity (Wildman–Crippen MR) is 99.7 cm³/mol. The van der Waals surface area contributed by atoms with Crippen LogP contribution in [0.3, 0.4) is 0 Å². The first kappa shape index (κ1) is 15.6. The average molecular weight is 348 g/mol. The predicted octanol–water partition coefficient (Wildman–Crippen LogP) is 4.79. The van der Waals surface area contributed by atoms with E-state index in [0.29, 0.717) is 12.4 Å². The van der Waals surface area contributed by atoms with Crippen molar-refractivity contribution in [1.82, 2.24) is 10.3 Å². The van der Waals surface area contributed by atoms with Gasteiger partial charge in [0.15, 0.2) is 5.58 Å². The first-order valence-corrected chi connectivity index (χ1v) is 8.85. The molecule has 1 amide bonds. The first-order valence-electron chi connectivity index (χ1n) is 7.97. The molecule has 0 spiro atoms. The van der Waals surface area contributed by atoms with Crippen molar-refractivity contribution in [3.05, 3.63) is 76.0 Å². The summed E-state index contributed by atoms with van der Waals surface area (Å²) < 4.78 is 5.84. The number of carbonyl (C=O) groups is 1. The van der Waals surface area contributed by atoms with Crippen molar-refractivity contribution >= 4 is 28.3 Å². The molecule has 4 nitrogen and oxygen atoms in total. The molecule has 0 unspecified atom stereocenters. The van der Waals surface area contributed by atoms with Crippen molar-refractivity contribution in [2.75, 3.05) is 0 Å². The lowest BCUT2D eigenvalue weighted by Gasteiger charge is -2.04. The second-order valence-electron chi connectivity index (χ2n) is 5.85. The number of thiophene rings is 1. The van der Waals surface area contributed by atoms with Gasteiger partial charge in [0.25, 0.3) is 5.91 Å². The summed E-state index contributed by atoms with van der Waals surface area (Å²) in [5, 5.41) is 4.82. The molecule has 4 rings (SSSR count). The Labute approximate surface area is 149 Å². The molecule has 4 aromatic rings. The lowest BCUT2D eigenvalue weighted by molar-refractivity contribution is 0.0955. The Bertz CT molecular complexity index is 1020. The van der Waals surface area contributed by atoms with Gasteiger partial charge in [0, 0.05) is 12.1 Å². The minimum Gasteiger partial charge on any atom is -0.436 e. The largest absolute Gasteiger partial charge is 0.436 e. The summed E-state index contributed by atoms with van der Waals surface area (Å²) in [6.07, 6.45) is 0. The molecule has 0 aliphatic heterocycles. The lowest BCUT2D eigenvalue weighted by Crippen LogP contribution is -2.21. The van der Waals surface area contributed by atoms with Crippen molar-refractivity contribution in [3.63, 3.8) is 0 Å². The standard InChI is InChI=1S/C20H16N2O2S/c1-13-4-9-16-17(11-13)24-20(22-16)15-7-5-14(6-8-15)12-21-19(23)18-3-2-10-25-18/h2-11H,12H2,1H3,(H,21,23). The Balaban J connectivity index is 1.48. The molecule has 0 bridgehead atoms. The highest BCUT2D eigenvalue weighted by molar-refractivity contribution is 7.12. The summed E-state index contributed by atoms with van der Waals surface area (Å²) in [6.45, 7) is 2.52. The first-order chi connectivity index (χ1) is 12.2. The van der Waals surface area contributed by atoms with Gasteiger partial charge in [-0.3, -0.25) is 4.79 Å². The van der Waals surface area contributed by atoms with Gasteiger partial charge in [-0.25, -0.2) is 4.98 Å². The molecular formula is C20H16N2O2S. The fraction of sp³-hybridized carbons (Fsp3) is 0.100. The van der Waals surface area contributed by atoms with Crippen molar-refractivity contribution < 1.29 is 9.21 Å². The van der Waals surface area contributed by atoms with Gasteiger partial charge >= 0.3 is 0 Å². The number of amides is 1. The summed E-state index contributed by atoms with van der Waals surface area (Å²) in [5.41, 5.74) is 4.74. The number of aryl methyl sites for hydroxylation is 1. The molecule has 0 radical (unpaired) electrons. The Morgan fingerprint density at radius 2 is 2.00 bits per heavy atom. The summed E-state index contributed by atoms with van der Waals surface area (Å²) >= 11 is 1.44. The molecule has 1 N–H and O–H groups in total. The average Bonchev–Trinajstić information content (AvgIpc) is 3.29. The van der Waals surface area contributed by atoms with Gasteiger partial charge in [0.05, 0.1) is 4.88 Å². The van der Waals surface area contributed by atoms with Gasteiger partial charge in [0.2, 0.25) is 5.89 Å². The second kappa shape index (κ2) is 6.53. The van der Waals surface area contributed by atoms with Crippen LogP contribution in [-0.4, -0.2) is 10.9 Å². The van der Waals surface area contributed by atoms with Crippen LogP contribution in [0.15, 0.2) is 64.4 Å². The van der Waals surface area contributed by atoms with E-state index in [1.807, 2.05) is 66.9 Å². The van der Waals surface area contributed by atoms with Crippen LogP contribution in [0.4, 0.5) is 0 Å². The number of nitrogens with one attached hydrogen (secondary N) is 1. The third-order valence-electron chi connectivity index (χ3n) is 3.94. The van der Waals surface area contributed by atoms with Gasteiger partial charge in [-0.1, -0.05) is 24.3 Å². The van der Waals surface area contributed by atoms with E-state index < -0.39 is 0 Å². The van der Waals surface area contributed by atoms with Gasteiger partial charge in [-0.2, -0.15) is 0 Å². The molecule has 0 aliphatic carbocycles. The van der Waals surface area contributed by atoms with Gasteiger partial charge in [-0.05, 0) is 53.8 Å². The number of aromatic nitrogens is 1. The maximum Gasteiger partial charge on any atom is 0.261 e. The molecule has 0 fully saturated rings. The number of rotatable bonds is 4. The van der Waals surface area contributed by atoms with Crippen LogP contribution in [0.5, 0.6) is 0 Å². The highest BCUT2D eigenvalue weighted by atomic mass is 32.1. The Hall–Kier alpha value is -2.92. The molecule has 2 aromatic heterocycles. The van der Waals surface area contributed by atoms with Crippen LogP contribution in [0, 0.1) is 6.92 Å². The summed E-state index contributed by atoms with van der Waals surface area (Å²) in [5.74, 6) is 0.558. The van der Waals surface area contributed by atoms with E-state index in [1.165, 1.54) is 11.3 Å². The van der Waals surface area contributed by atoms with Crippen LogP contribution in [-0.2, 0) is 6.54 Å². The molecule has 5 heteroatoms. The quantitative estimate of drug-likeness (QED) is 0.577. The zero-order valence-corrected chi connectivity index (χ0v) is 14.5. The smallest absolute Gasteiger partial charge is 0.261 e. The molecular weight excluding hydrogens is 332 g/mol. The fourth-order valence-corrected chi connectivity index (χ4v) is 3.24. The number of carbonyl (C=O) groups excluding carboxylic acids is 1. The Morgan fingerprint density at radius 3 is 2.76 bits per heavy atom. The van der Waals surface area contributed by atoms with E-state index in [0.717, 1.165) is 32.7 Å². The number of benzene rings is 2. The van der Waals surface area contributed by atoms with Crippen LogP contribution in [0.2, 0.25) is 0 Å². The number of oxazole rings is 1. The molecule has 0 saturated heterocycles. The SMILES string of the molecule is Cc1ccc2nc(-c3ccc(CNC(=O)c4cccs4)cc3)oc2c1. The van der Waals surface area contributed by atoms with Crippen LogP contribution < -0.4 is 5.32 Å². The van der Waals surface area contributed by atoms with Crippen molar-refractivity contribution in [2.24, 2.45) is 0 Å². The Kier molecular flexibility index (Phi) is 4.07. The summed E-state index contributed by atoms with van der Waals surface area (Å²) in [6, 6.07) is 17.5. The molecule has 0 atom stereocenters. The highest BCUT2D eigenvalue weighted by Crippen LogP contribution is 2.25. The van der Waals surface area contributed by atoms with E-state index in [2.05, 4.69) is 10.3 Å². The monoisotopic (exact) mass is 348 g/mol. The lowest BCUT2D eigenvalue weighted by atomic mass is 10.1. The van der Waals surface area contributed by atoms with E-state index in [4.69, 9.17) is 4.42 Å². The minimum absolute atomic E-state index is 0.0478. The highest BCUT2D eigenvalue weighted by Gasteiger charge is 2.09. The fourth-order valence-electron chi connectivity index (χ4n) is 2.60.